The van der Waals surface area contributed by atoms with E-state index in [9.17, 15) is 18.0 Å². The maximum absolute atomic E-state index is 13.3. The van der Waals surface area contributed by atoms with Crippen molar-refractivity contribution >= 4 is 32.7 Å². The van der Waals surface area contributed by atoms with Crippen LogP contribution in [0, 0.1) is 5.41 Å². The molecule has 0 aromatic carbocycles. The van der Waals surface area contributed by atoms with Crippen molar-refractivity contribution in [1.82, 2.24) is 9.55 Å². The van der Waals surface area contributed by atoms with E-state index in [4.69, 9.17) is 33.7 Å². The molecule has 1 saturated heterocycles. The summed E-state index contributed by atoms with van der Waals surface area (Å²) in [5.41, 5.74) is 2.55. The molecule has 2 aliphatic heterocycles. The van der Waals surface area contributed by atoms with Crippen molar-refractivity contribution < 1.29 is 30.9 Å². The summed E-state index contributed by atoms with van der Waals surface area (Å²) < 4.78 is 57.4. The van der Waals surface area contributed by atoms with E-state index in [1.165, 1.54) is 7.11 Å². The Bertz CT molecular complexity index is 1450. The Balaban J connectivity index is 2.33. The van der Waals surface area contributed by atoms with Gasteiger partial charge >= 0.3 is 5.69 Å². The van der Waals surface area contributed by atoms with Gasteiger partial charge in [0, 0.05) is 6.07 Å². The molecule has 0 saturated carbocycles. The predicted molar refractivity (Wildman–Crippen MR) is 159 cm³/mol. The summed E-state index contributed by atoms with van der Waals surface area (Å²) in [4.78, 5) is 27.8. The molecular weight excluding hydrogens is 589 g/mol. The lowest BCUT2D eigenvalue weighted by molar-refractivity contribution is -0.0566. The number of H-pyrrole nitrogens is 1. The molecular formula is C25H44N4O9SSi2. The smallest absolute Gasteiger partial charge is 0.331 e. The van der Waals surface area contributed by atoms with E-state index in [2.05, 4.69) is 25.8 Å². The highest BCUT2D eigenvalue weighted by Crippen LogP contribution is 2.52. The van der Waals surface area contributed by atoms with Crippen molar-refractivity contribution in [3.05, 3.63) is 43.7 Å². The summed E-state index contributed by atoms with van der Waals surface area (Å²) in [7, 11) is -8.20. The molecule has 4 atom stereocenters. The van der Waals surface area contributed by atoms with Crippen LogP contribution in [0.2, 0.25) is 36.3 Å². The monoisotopic (exact) mass is 632 g/mol. The second-order valence-electron chi connectivity index (χ2n) is 13.6. The van der Waals surface area contributed by atoms with Crippen LogP contribution >= 0.6 is 0 Å². The Morgan fingerprint density at radius 2 is 1.68 bits per heavy atom. The molecule has 16 heteroatoms. The first-order valence-corrected chi connectivity index (χ1v) is 20.6. The zero-order valence-corrected chi connectivity index (χ0v) is 28.5. The summed E-state index contributed by atoms with van der Waals surface area (Å²) in [6.45, 7) is 20.0. The Labute approximate surface area is 243 Å². The lowest BCUT2D eigenvalue weighted by Crippen LogP contribution is -2.59. The number of hydrogen-bond acceptors (Lipinski definition) is 11. The minimum Gasteiger partial charge on any atom is -0.480 e. The molecule has 1 spiro atoms. The summed E-state index contributed by atoms with van der Waals surface area (Å²) in [5, 5.41) is 8.59. The van der Waals surface area contributed by atoms with Gasteiger partial charge in [-0.25, -0.2) is 8.98 Å². The maximum atomic E-state index is 13.3. The fourth-order valence-corrected chi connectivity index (χ4v) is 7.74. The van der Waals surface area contributed by atoms with Crippen LogP contribution in [0.15, 0.2) is 26.8 Å². The number of hydrogen-bond donors (Lipinski definition) is 3. The van der Waals surface area contributed by atoms with Gasteiger partial charge in [-0.05, 0) is 36.3 Å². The molecule has 4 N–H and O–H groups in total. The van der Waals surface area contributed by atoms with Gasteiger partial charge in [0.25, 0.3) is 15.7 Å². The van der Waals surface area contributed by atoms with Gasteiger partial charge in [-0.2, -0.15) is 8.42 Å². The SMILES string of the molecule is COC(=N)c1cc(=O)[nH]c(=O)n1C1OC(CO[Si](C)(C)C(C)(C)C)C2(OS(=O)(=O)C=C2N)C1O[Si](C)(C)C(C)(C)C. The van der Waals surface area contributed by atoms with Crippen LogP contribution in [0.1, 0.15) is 53.5 Å². The van der Waals surface area contributed by atoms with Crippen molar-refractivity contribution in [3.63, 3.8) is 0 Å². The summed E-state index contributed by atoms with van der Waals surface area (Å²) in [6.07, 6.45) is -3.82. The van der Waals surface area contributed by atoms with Gasteiger partial charge in [0.2, 0.25) is 5.90 Å². The fourth-order valence-electron chi connectivity index (χ4n) is 4.24. The molecule has 3 rings (SSSR count). The third kappa shape index (κ3) is 6.05. The fraction of sp³-hybridized carbons (Fsp3) is 0.720. The number of nitrogens with zero attached hydrogens (tertiary/aromatic N) is 1. The van der Waals surface area contributed by atoms with Gasteiger partial charge in [-0.3, -0.25) is 19.8 Å². The van der Waals surface area contributed by atoms with Crippen LogP contribution in [0.25, 0.3) is 0 Å². The standard InChI is InChI=1S/C25H44N4O9SSi2/c1-23(2,3)40(8,9)35-13-17-25(16(26)14-39(32,33)38-25)19(37-41(10,11)24(4,5)6)21(36-17)29-15(20(27)34-7)12-18(30)28-22(29)31/h12,14,17,19,21,27H,13,26H2,1-11H3,(H,28,30,31). The highest BCUT2D eigenvalue weighted by atomic mass is 32.2. The molecule has 1 aromatic rings. The first kappa shape index (κ1) is 33.4. The molecule has 13 nitrogen and oxygen atoms in total. The average Bonchev–Trinajstić information content (AvgIpc) is 3.21. The lowest BCUT2D eigenvalue weighted by atomic mass is 9.89. The van der Waals surface area contributed by atoms with Gasteiger partial charge in [0.15, 0.2) is 28.5 Å². The van der Waals surface area contributed by atoms with Crippen molar-refractivity contribution in [2.45, 2.75) is 102 Å². The number of nitrogens with two attached hydrogens (primary N) is 1. The second-order valence-corrected chi connectivity index (χ2v) is 24.5. The lowest BCUT2D eigenvalue weighted by Gasteiger charge is -2.43. The highest BCUT2D eigenvalue weighted by molar-refractivity contribution is 7.90. The van der Waals surface area contributed by atoms with E-state index < -0.39 is 67.9 Å². The highest BCUT2D eigenvalue weighted by Gasteiger charge is 2.67. The number of aromatic amines is 1. The van der Waals surface area contributed by atoms with Gasteiger partial charge in [0.05, 0.1) is 24.8 Å². The van der Waals surface area contributed by atoms with E-state index in [1.54, 1.807) is 0 Å². The first-order chi connectivity index (χ1) is 18.4. The molecule has 0 amide bonds. The second kappa shape index (κ2) is 10.6. The number of methoxy groups -OCH3 is 1. The van der Waals surface area contributed by atoms with Gasteiger partial charge in [-0.1, -0.05) is 41.5 Å². The van der Waals surface area contributed by atoms with E-state index in [0.717, 1.165) is 16.0 Å². The Hall–Kier alpha value is -2.09. The molecule has 4 unspecified atom stereocenters. The van der Waals surface area contributed by atoms with Crippen molar-refractivity contribution in [3.8, 4) is 0 Å². The van der Waals surface area contributed by atoms with Gasteiger partial charge < -0.3 is 24.1 Å². The van der Waals surface area contributed by atoms with Crippen molar-refractivity contribution in [2.75, 3.05) is 13.7 Å². The van der Waals surface area contributed by atoms with E-state index in [1.807, 2.05) is 47.0 Å². The minimum atomic E-state index is -4.27. The van der Waals surface area contributed by atoms with Gasteiger partial charge in [-0.15, -0.1) is 0 Å². The Kier molecular flexibility index (Phi) is 8.61. The van der Waals surface area contributed by atoms with Crippen LogP contribution in [-0.2, 0) is 32.6 Å². The molecule has 2 aliphatic rings. The summed E-state index contributed by atoms with van der Waals surface area (Å²) in [6, 6.07) is 1.03. The molecule has 1 aromatic heterocycles. The van der Waals surface area contributed by atoms with E-state index in [0.29, 0.717) is 0 Å². The predicted octanol–water partition coefficient (Wildman–Crippen LogP) is 2.72. The molecule has 0 radical (unpaired) electrons. The molecule has 0 bridgehead atoms. The zero-order valence-electron chi connectivity index (χ0n) is 25.7. The van der Waals surface area contributed by atoms with Crippen molar-refractivity contribution in [2.24, 2.45) is 5.73 Å². The molecule has 41 heavy (non-hydrogen) atoms. The van der Waals surface area contributed by atoms with Crippen molar-refractivity contribution in [1.29, 1.82) is 5.41 Å². The first-order valence-electron chi connectivity index (χ1n) is 13.3. The third-order valence-electron chi connectivity index (χ3n) is 8.74. The quantitative estimate of drug-likeness (QED) is 0.175. The molecule has 232 valence electrons. The van der Waals surface area contributed by atoms with Crippen LogP contribution in [0.5, 0.6) is 0 Å². The summed E-state index contributed by atoms with van der Waals surface area (Å²) in [5.74, 6) is -0.485. The zero-order chi connectivity index (χ0) is 31.6. The molecule has 0 aliphatic carbocycles. The summed E-state index contributed by atoms with van der Waals surface area (Å²) >= 11 is 0. The number of ether oxygens (including phenoxy) is 2. The number of nitrogens with one attached hydrogen (secondary N) is 2. The van der Waals surface area contributed by atoms with Crippen LogP contribution in [0.3, 0.4) is 0 Å². The average molecular weight is 633 g/mol. The van der Waals surface area contributed by atoms with Crippen LogP contribution in [-0.4, -0.2) is 72.0 Å². The Morgan fingerprint density at radius 3 is 2.15 bits per heavy atom. The maximum Gasteiger partial charge on any atom is 0.331 e. The topological polar surface area (TPSA) is 185 Å². The largest absolute Gasteiger partial charge is 0.480 e. The minimum absolute atomic E-state index is 0.121. The molecule has 1 fully saturated rings. The number of rotatable bonds is 7. The molecule has 3 heterocycles. The van der Waals surface area contributed by atoms with Crippen LogP contribution in [0.4, 0.5) is 0 Å². The van der Waals surface area contributed by atoms with Gasteiger partial charge in [0.1, 0.15) is 17.9 Å². The van der Waals surface area contributed by atoms with E-state index >= 15 is 0 Å². The Morgan fingerprint density at radius 1 is 1.12 bits per heavy atom. The number of aromatic nitrogens is 2. The van der Waals surface area contributed by atoms with E-state index in [-0.39, 0.29) is 28.1 Å². The normalized spacial score (nSPS) is 26.8. The third-order valence-corrected chi connectivity index (χ3v) is 18.7. The van der Waals surface area contributed by atoms with Crippen LogP contribution < -0.4 is 17.0 Å².